The summed E-state index contributed by atoms with van der Waals surface area (Å²) in [5.41, 5.74) is 1.03. The van der Waals surface area contributed by atoms with E-state index in [1.165, 1.54) is 12.8 Å². The Labute approximate surface area is 80.5 Å². The third kappa shape index (κ3) is 1.54. The van der Waals surface area contributed by atoms with Crippen molar-refractivity contribution in [1.29, 1.82) is 0 Å². The minimum atomic E-state index is -0.263. The summed E-state index contributed by atoms with van der Waals surface area (Å²) in [6.07, 6.45) is 2.07. The van der Waals surface area contributed by atoms with Gasteiger partial charge in [0.25, 0.3) is 0 Å². The second-order valence-electron chi connectivity index (χ2n) is 3.30. The molecule has 2 rings (SSSR count). The molecule has 1 N–H and O–H groups in total. The van der Waals surface area contributed by atoms with Crippen LogP contribution in [0.15, 0.2) is 28.7 Å². The number of hydrogen-bond acceptors (Lipinski definition) is 1. The first-order valence-electron chi connectivity index (χ1n) is 4.21. The van der Waals surface area contributed by atoms with Crippen LogP contribution in [0.4, 0.5) is 0 Å². The highest BCUT2D eigenvalue weighted by Gasteiger charge is 2.31. The van der Waals surface area contributed by atoms with E-state index in [9.17, 15) is 5.11 Å². The van der Waals surface area contributed by atoms with Gasteiger partial charge >= 0.3 is 0 Å². The quantitative estimate of drug-likeness (QED) is 0.823. The number of rotatable bonds is 2. The van der Waals surface area contributed by atoms with E-state index in [-0.39, 0.29) is 6.10 Å². The third-order valence-electron chi connectivity index (χ3n) is 2.29. The van der Waals surface area contributed by atoms with Crippen molar-refractivity contribution in [1.82, 2.24) is 0 Å². The predicted octanol–water partition coefficient (Wildman–Crippen LogP) is 2.89. The van der Waals surface area contributed by atoms with E-state index in [2.05, 4.69) is 15.9 Å². The molecule has 12 heavy (non-hydrogen) atoms. The van der Waals surface area contributed by atoms with E-state index in [1.54, 1.807) is 0 Å². The first-order chi connectivity index (χ1) is 5.79. The van der Waals surface area contributed by atoms with E-state index < -0.39 is 0 Å². The molecule has 1 aliphatic carbocycles. The second-order valence-corrected chi connectivity index (χ2v) is 4.16. The number of benzene rings is 1. The first-order valence-corrected chi connectivity index (χ1v) is 5.01. The highest BCUT2D eigenvalue weighted by atomic mass is 79.9. The summed E-state index contributed by atoms with van der Waals surface area (Å²) < 4.78 is 1.02. The van der Waals surface area contributed by atoms with E-state index in [4.69, 9.17) is 0 Å². The molecule has 0 radical (unpaired) electrons. The monoisotopic (exact) mass is 226 g/mol. The smallest absolute Gasteiger partial charge is 0.0829 e. The molecular weight excluding hydrogens is 216 g/mol. The zero-order chi connectivity index (χ0) is 8.55. The van der Waals surface area contributed by atoms with Gasteiger partial charge in [-0.3, -0.25) is 0 Å². The van der Waals surface area contributed by atoms with Gasteiger partial charge < -0.3 is 5.11 Å². The van der Waals surface area contributed by atoms with Crippen LogP contribution in [0.3, 0.4) is 0 Å². The topological polar surface area (TPSA) is 20.2 Å². The molecule has 0 unspecified atom stereocenters. The second kappa shape index (κ2) is 3.19. The highest BCUT2D eigenvalue weighted by molar-refractivity contribution is 9.10. The fraction of sp³-hybridized carbons (Fsp3) is 0.400. The van der Waals surface area contributed by atoms with Crippen LogP contribution < -0.4 is 0 Å². The van der Waals surface area contributed by atoms with Crippen molar-refractivity contribution in [2.24, 2.45) is 5.92 Å². The Morgan fingerprint density at radius 1 is 1.33 bits per heavy atom. The van der Waals surface area contributed by atoms with E-state index in [0.29, 0.717) is 5.92 Å². The molecular formula is C10H11BrO. The zero-order valence-corrected chi connectivity index (χ0v) is 8.29. The largest absolute Gasteiger partial charge is 0.388 e. The molecule has 64 valence electrons. The van der Waals surface area contributed by atoms with E-state index in [0.717, 1.165) is 10.0 Å². The molecule has 1 atom stereocenters. The van der Waals surface area contributed by atoms with Gasteiger partial charge in [0.05, 0.1) is 6.10 Å². The zero-order valence-electron chi connectivity index (χ0n) is 6.70. The van der Waals surface area contributed by atoms with Crippen LogP contribution in [0.1, 0.15) is 24.5 Å². The van der Waals surface area contributed by atoms with Gasteiger partial charge in [0.2, 0.25) is 0 Å². The highest BCUT2D eigenvalue weighted by Crippen LogP contribution is 2.42. The molecule has 1 nitrogen and oxygen atoms in total. The number of hydrogen-bond donors (Lipinski definition) is 1. The molecule has 0 aromatic heterocycles. The lowest BCUT2D eigenvalue weighted by molar-refractivity contribution is 0.153. The van der Waals surface area contributed by atoms with Crippen LogP contribution in [0.25, 0.3) is 0 Å². The van der Waals surface area contributed by atoms with Crippen molar-refractivity contribution in [3.63, 3.8) is 0 Å². The fourth-order valence-electron chi connectivity index (χ4n) is 1.38. The van der Waals surface area contributed by atoms with Crippen molar-refractivity contribution in [3.8, 4) is 0 Å². The van der Waals surface area contributed by atoms with Gasteiger partial charge in [0.15, 0.2) is 0 Å². The van der Waals surface area contributed by atoms with Crippen LogP contribution in [0.5, 0.6) is 0 Å². The number of aliphatic hydroxyl groups excluding tert-OH is 1. The minimum Gasteiger partial charge on any atom is -0.388 e. The molecule has 2 heteroatoms. The standard InChI is InChI=1S/C10H11BrO/c11-9-4-2-1-3-8(9)10(12)7-5-6-7/h1-4,7,10,12H,5-6H2/t10-/m1/s1. The molecule has 0 aliphatic heterocycles. The fourth-order valence-corrected chi connectivity index (χ4v) is 1.90. The molecule has 0 saturated heterocycles. The van der Waals surface area contributed by atoms with Gasteiger partial charge in [-0.2, -0.15) is 0 Å². The molecule has 0 heterocycles. The molecule has 1 aromatic rings. The molecule has 0 amide bonds. The van der Waals surface area contributed by atoms with Crippen LogP contribution in [-0.4, -0.2) is 5.11 Å². The minimum absolute atomic E-state index is 0.263. The van der Waals surface area contributed by atoms with Gasteiger partial charge in [-0.05, 0) is 30.4 Å². The summed E-state index contributed by atoms with van der Waals surface area (Å²) in [6.45, 7) is 0. The van der Waals surface area contributed by atoms with Crippen molar-refractivity contribution >= 4 is 15.9 Å². The Morgan fingerprint density at radius 2 is 2.00 bits per heavy atom. The third-order valence-corrected chi connectivity index (χ3v) is 3.01. The average Bonchev–Trinajstić information content (AvgIpc) is 2.86. The molecule has 1 aliphatic rings. The molecule has 0 spiro atoms. The lowest BCUT2D eigenvalue weighted by Crippen LogP contribution is -1.99. The summed E-state index contributed by atoms with van der Waals surface area (Å²) in [5.74, 6) is 0.503. The SMILES string of the molecule is O[C@@H](c1ccccc1Br)C1CC1. The van der Waals surface area contributed by atoms with Crippen LogP contribution in [0, 0.1) is 5.92 Å². The van der Waals surface area contributed by atoms with Crippen LogP contribution >= 0.6 is 15.9 Å². The van der Waals surface area contributed by atoms with E-state index >= 15 is 0 Å². The first kappa shape index (κ1) is 8.27. The van der Waals surface area contributed by atoms with Gasteiger partial charge in [-0.15, -0.1) is 0 Å². The molecule has 1 saturated carbocycles. The van der Waals surface area contributed by atoms with Crippen LogP contribution in [-0.2, 0) is 0 Å². The maximum Gasteiger partial charge on any atom is 0.0829 e. The van der Waals surface area contributed by atoms with Gasteiger partial charge in [-0.25, -0.2) is 0 Å². The Balaban J connectivity index is 2.25. The Kier molecular flexibility index (Phi) is 2.20. The Morgan fingerprint density at radius 3 is 2.58 bits per heavy atom. The van der Waals surface area contributed by atoms with E-state index in [1.807, 2.05) is 24.3 Å². The Bertz CT molecular complexity index is 281. The molecule has 1 fully saturated rings. The maximum absolute atomic E-state index is 9.81. The summed E-state index contributed by atoms with van der Waals surface area (Å²) in [6, 6.07) is 7.88. The average molecular weight is 227 g/mol. The maximum atomic E-state index is 9.81. The van der Waals surface area contributed by atoms with Crippen LogP contribution in [0.2, 0.25) is 0 Å². The lowest BCUT2D eigenvalue weighted by Gasteiger charge is -2.10. The summed E-state index contributed by atoms with van der Waals surface area (Å²) in [7, 11) is 0. The van der Waals surface area contributed by atoms with Gasteiger partial charge in [0, 0.05) is 4.47 Å². The molecule has 0 bridgehead atoms. The normalized spacial score (nSPS) is 19.2. The number of aliphatic hydroxyl groups is 1. The number of halogens is 1. The Hall–Kier alpha value is -0.340. The predicted molar refractivity (Wildman–Crippen MR) is 51.8 cm³/mol. The molecule has 1 aromatic carbocycles. The summed E-state index contributed by atoms with van der Waals surface area (Å²) in [5, 5.41) is 9.81. The van der Waals surface area contributed by atoms with Crippen molar-refractivity contribution in [2.45, 2.75) is 18.9 Å². The van der Waals surface area contributed by atoms with Crippen molar-refractivity contribution < 1.29 is 5.11 Å². The van der Waals surface area contributed by atoms with Crippen molar-refractivity contribution in [3.05, 3.63) is 34.3 Å². The van der Waals surface area contributed by atoms with Crippen molar-refractivity contribution in [2.75, 3.05) is 0 Å². The summed E-state index contributed by atoms with van der Waals surface area (Å²) >= 11 is 3.43. The van der Waals surface area contributed by atoms with Gasteiger partial charge in [0.1, 0.15) is 0 Å². The van der Waals surface area contributed by atoms with Gasteiger partial charge in [-0.1, -0.05) is 34.1 Å². The lowest BCUT2D eigenvalue weighted by atomic mass is 10.1. The summed E-state index contributed by atoms with van der Waals surface area (Å²) in [4.78, 5) is 0.